The number of hydrogen-bond acceptors (Lipinski definition) is 5. The topological polar surface area (TPSA) is 101 Å². The monoisotopic (exact) mass is 366 g/mol. The molecular weight excluding hydrogens is 344 g/mol. The molecule has 0 saturated heterocycles. The summed E-state index contributed by atoms with van der Waals surface area (Å²) in [5.41, 5.74) is 3.33. The maximum absolute atomic E-state index is 10.1. The minimum atomic E-state index is -0.169. The number of aryl methyl sites for hydroxylation is 4. The summed E-state index contributed by atoms with van der Waals surface area (Å²) in [5.74, 6) is -0.0327. The van der Waals surface area contributed by atoms with Crippen molar-refractivity contribution in [2.75, 3.05) is 0 Å². The summed E-state index contributed by atoms with van der Waals surface area (Å²) in [5, 5.41) is 48.6. The first-order chi connectivity index (χ1) is 12.9. The van der Waals surface area contributed by atoms with Gasteiger partial charge in [0.15, 0.2) is 11.5 Å². The van der Waals surface area contributed by atoms with Gasteiger partial charge in [-0.25, -0.2) is 0 Å². The van der Waals surface area contributed by atoms with Crippen LogP contribution in [0.2, 0.25) is 0 Å². The first-order valence-corrected chi connectivity index (χ1v) is 8.75. The average molecular weight is 366 g/mol. The Labute approximate surface area is 157 Å². The van der Waals surface area contributed by atoms with Crippen LogP contribution in [0.5, 0.6) is 28.7 Å². The lowest BCUT2D eigenvalue weighted by molar-refractivity contribution is 0.403. The van der Waals surface area contributed by atoms with E-state index in [4.69, 9.17) is 0 Å². The first-order valence-electron chi connectivity index (χ1n) is 8.75. The summed E-state index contributed by atoms with van der Waals surface area (Å²) in [6.07, 6.45) is 2.40. The predicted octanol–water partition coefficient (Wildman–Crippen LogP) is 3.79. The second-order valence-electron chi connectivity index (χ2n) is 6.60. The van der Waals surface area contributed by atoms with Gasteiger partial charge in [0.1, 0.15) is 17.2 Å². The zero-order chi connectivity index (χ0) is 19.4. The van der Waals surface area contributed by atoms with Crippen LogP contribution >= 0.6 is 0 Å². The summed E-state index contributed by atoms with van der Waals surface area (Å²) in [4.78, 5) is 0. The second kappa shape index (κ2) is 7.91. The highest BCUT2D eigenvalue weighted by molar-refractivity contribution is 5.46. The van der Waals surface area contributed by atoms with Gasteiger partial charge in [0.05, 0.1) is 0 Å². The van der Waals surface area contributed by atoms with Crippen molar-refractivity contribution in [3.63, 3.8) is 0 Å². The molecule has 3 aromatic carbocycles. The molecule has 0 amide bonds. The third-order valence-corrected chi connectivity index (χ3v) is 4.62. The highest BCUT2D eigenvalue weighted by atomic mass is 16.3. The van der Waals surface area contributed by atoms with E-state index in [1.807, 2.05) is 12.1 Å². The normalized spacial score (nSPS) is 10.8. The van der Waals surface area contributed by atoms with Crippen LogP contribution in [0.25, 0.3) is 0 Å². The van der Waals surface area contributed by atoms with Gasteiger partial charge in [0.2, 0.25) is 0 Å². The van der Waals surface area contributed by atoms with Crippen LogP contribution < -0.4 is 0 Å². The summed E-state index contributed by atoms with van der Waals surface area (Å²) >= 11 is 0. The van der Waals surface area contributed by atoms with Crippen molar-refractivity contribution in [2.24, 2.45) is 0 Å². The lowest BCUT2D eigenvalue weighted by atomic mass is 9.97. The van der Waals surface area contributed by atoms with E-state index in [0.29, 0.717) is 31.2 Å². The minimum absolute atomic E-state index is 0.0314. The Morgan fingerprint density at radius 1 is 0.444 bits per heavy atom. The molecule has 140 valence electrons. The van der Waals surface area contributed by atoms with E-state index in [1.165, 1.54) is 18.2 Å². The molecule has 0 fully saturated rings. The molecule has 0 unspecified atom stereocenters. The van der Waals surface area contributed by atoms with Gasteiger partial charge in [-0.05, 0) is 78.3 Å². The van der Waals surface area contributed by atoms with Crippen LogP contribution in [0.3, 0.4) is 0 Å². The van der Waals surface area contributed by atoms with Crippen molar-refractivity contribution in [1.82, 2.24) is 0 Å². The predicted molar refractivity (Wildman–Crippen MR) is 102 cm³/mol. The van der Waals surface area contributed by atoms with Gasteiger partial charge in [-0.1, -0.05) is 18.2 Å². The molecule has 0 spiro atoms. The summed E-state index contributed by atoms with van der Waals surface area (Å²) in [6.45, 7) is 0. The molecule has 0 aliphatic rings. The van der Waals surface area contributed by atoms with Gasteiger partial charge in [-0.15, -0.1) is 0 Å². The van der Waals surface area contributed by atoms with Gasteiger partial charge in [0.25, 0.3) is 0 Å². The van der Waals surface area contributed by atoms with Crippen molar-refractivity contribution in [3.05, 3.63) is 76.9 Å². The van der Waals surface area contributed by atoms with Gasteiger partial charge >= 0.3 is 0 Å². The maximum Gasteiger partial charge on any atom is 0.157 e. The van der Waals surface area contributed by atoms with E-state index >= 15 is 0 Å². The van der Waals surface area contributed by atoms with Crippen LogP contribution in [-0.2, 0) is 25.7 Å². The van der Waals surface area contributed by atoms with E-state index in [1.54, 1.807) is 24.3 Å². The number of rotatable bonds is 6. The molecule has 0 heterocycles. The summed E-state index contributed by atoms with van der Waals surface area (Å²) in [7, 11) is 0. The third-order valence-electron chi connectivity index (χ3n) is 4.62. The van der Waals surface area contributed by atoms with E-state index in [0.717, 1.165) is 16.7 Å². The highest BCUT2D eigenvalue weighted by Gasteiger charge is 2.10. The smallest absolute Gasteiger partial charge is 0.157 e. The van der Waals surface area contributed by atoms with Crippen molar-refractivity contribution in [1.29, 1.82) is 0 Å². The van der Waals surface area contributed by atoms with Crippen LogP contribution in [0.4, 0.5) is 0 Å². The number of benzene rings is 3. The molecular formula is C22H22O5. The fraction of sp³-hybridized carbons (Fsp3) is 0.182. The van der Waals surface area contributed by atoms with Crippen LogP contribution in [0, 0.1) is 0 Å². The Morgan fingerprint density at radius 2 is 1.00 bits per heavy atom. The van der Waals surface area contributed by atoms with Crippen LogP contribution in [0.15, 0.2) is 54.6 Å². The fourth-order valence-electron chi connectivity index (χ4n) is 3.02. The highest BCUT2D eigenvalue weighted by Crippen LogP contribution is 2.30. The minimum Gasteiger partial charge on any atom is -0.508 e. The number of phenols is 5. The molecule has 3 aromatic rings. The van der Waals surface area contributed by atoms with Gasteiger partial charge in [0, 0.05) is 6.07 Å². The Morgan fingerprint density at radius 3 is 1.59 bits per heavy atom. The zero-order valence-corrected chi connectivity index (χ0v) is 14.8. The van der Waals surface area contributed by atoms with E-state index in [2.05, 4.69) is 0 Å². The van der Waals surface area contributed by atoms with Crippen molar-refractivity contribution in [3.8, 4) is 28.7 Å². The number of hydrogen-bond donors (Lipinski definition) is 5. The molecule has 0 radical (unpaired) electrons. The van der Waals surface area contributed by atoms with Crippen molar-refractivity contribution in [2.45, 2.75) is 25.7 Å². The zero-order valence-electron chi connectivity index (χ0n) is 14.8. The molecule has 0 aliphatic carbocycles. The molecule has 5 nitrogen and oxygen atoms in total. The largest absolute Gasteiger partial charge is 0.508 e. The lowest BCUT2D eigenvalue weighted by Gasteiger charge is -2.11. The molecule has 0 aromatic heterocycles. The first kappa shape index (κ1) is 18.5. The lowest BCUT2D eigenvalue weighted by Crippen LogP contribution is -1.97. The molecule has 5 heteroatoms. The summed E-state index contributed by atoms with van der Waals surface area (Å²) < 4.78 is 0. The molecule has 0 atom stereocenters. The Bertz CT molecular complexity index is 932. The SMILES string of the molecule is Oc1ccc(CCc2cc(CCc3ccc(O)c(O)c3)c(O)cc2O)cc1. The Hall–Kier alpha value is -3.34. The standard InChI is InChI=1S/C22H22O5/c23-18-8-3-14(4-9-18)1-6-16-12-17(21(26)13-20(16)25)7-2-15-5-10-19(24)22(27)11-15/h3-5,8-13,23-27H,1-2,6-7H2. The summed E-state index contributed by atoms with van der Waals surface area (Å²) in [6, 6.07) is 14.7. The molecule has 0 bridgehead atoms. The Balaban J connectivity index is 1.70. The number of phenolic OH excluding ortho intramolecular Hbond substituents is 5. The maximum atomic E-state index is 10.1. The van der Waals surface area contributed by atoms with Crippen molar-refractivity contribution < 1.29 is 25.5 Å². The second-order valence-corrected chi connectivity index (χ2v) is 6.60. The Kier molecular flexibility index (Phi) is 5.41. The van der Waals surface area contributed by atoms with Gasteiger partial charge < -0.3 is 25.5 Å². The van der Waals surface area contributed by atoms with Crippen LogP contribution in [0.1, 0.15) is 22.3 Å². The molecule has 27 heavy (non-hydrogen) atoms. The quantitative estimate of drug-likeness (QED) is 0.427. The van der Waals surface area contributed by atoms with Crippen molar-refractivity contribution >= 4 is 0 Å². The van der Waals surface area contributed by atoms with Crippen LogP contribution in [-0.4, -0.2) is 25.5 Å². The van der Waals surface area contributed by atoms with E-state index in [9.17, 15) is 25.5 Å². The van der Waals surface area contributed by atoms with Gasteiger partial charge in [-0.2, -0.15) is 0 Å². The molecule has 5 N–H and O–H groups in total. The molecule has 3 rings (SSSR count). The van der Waals surface area contributed by atoms with E-state index in [-0.39, 0.29) is 28.7 Å². The molecule has 0 aliphatic heterocycles. The van der Waals surface area contributed by atoms with E-state index < -0.39 is 0 Å². The average Bonchev–Trinajstić information content (AvgIpc) is 2.64. The third kappa shape index (κ3) is 4.64. The molecule has 0 saturated carbocycles. The van der Waals surface area contributed by atoms with Gasteiger partial charge in [-0.3, -0.25) is 0 Å². The number of aromatic hydroxyl groups is 5. The fourth-order valence-corrected chi connectivity index (χ4v) is 3.02.